The molecule has 4 rings (SSSR count). The Balaban J connectivity index is 1.54. The smallest absolute Gasteiger partial charge is 0.411 e. The first-order valence-corrected chi connectivity index (χ1v) is 11.5. The summed E-state index contributed by atoms with van der Waals surface area (Å²) >= 11 is 6.28. The van der Waals surface area contributed by atoms with Crippen LogP contribution in [0, 0.1) is 19.8 Å². The number of nitrogens with two attached hydrogens (primary N) is 1. The van der Waals surface area contributed by atoms with E-state index in [0.29, 0.717) is 28.6 Å². The minimum Gasteiger partial charge on any atom is -0.481 e. The molecule has 1 saturated carbocycles. The van der Waals surface area contributed by atoms with Gasteiger partial charge in [0.25, 0.3) is 5.56 Å². The summed E-state index contributed by atoms with van der Waals surface area (Å²) in [5.74, 6) is 0.750. The van der Waals surface area contributed by atoms with Crippen LogP contribution in [0.1, 0.15) is 30.1 Å². The minimum atomic E-state index is -0.636. The third kappa shape index (κ3) is 5.83. The van der Waals surface area contributed by atoms with E-state index < -0.39 is 6.09 Å². The van der Waals surface area contributed by atoms with Gasteiger partial charge in [-0.15, -0.1) is 0 Å². The van der Waals surface area contributed by atoms with Crippen molar-refractivity contribution >= 4 is 40.6 Å². The van der Waals surface area contributed by atoms with E-state index in [-0.39, 0.29) is 35.1 Å². The Labute approximate surface area is 207 Å². The molecule has 0 bridgehead atoms. The van der Waals surface area contributed by atoms with Crippen LogP contribution < -0.4 is 26.7 Å². The van der Waals surface area contributed by atoms with Crippen molar-refractivity contribution < 1.29 is 14.3 Å². The number of rotatable bonds is 8. The van der Waals surface area contributed by atoms with Crippen LogP contribution in [0.3, 0.4) is 0 Å². The number of nitrogens with one attached hydrogen (secondary N) is 2. The summed E-state index contributed by atoms with van der Waals surface area (Å²) < 4.78 is 12.2. The molecule has 1 aliphatic rings. The fraction of sp³-hybridized carbons (Fsp3) is 0.333. The van der Waals surface area contributed by atoms with E-state index in [9.17, 15) is 9.59 Å². The Bertz CT molecular complexity index is 1310. The lowest BCUT2D eigenvalue weighted by Gasteiger charge is -2.21. The quantitative estimate of drug-likeness (QED) is 0.388. The molecular weight excluding hydrogens is 472 g/mol. The van der Waals surface area contributed by atoms with Crippen molar-refractivity contribution in [2.45, 2.75) is 32.7 Å². The molecule has 0 spiro atoms. The van der Waals surface area contributed by atoms with Gasteiger partial charge in [0.15, 0.2) is 5.82 Å². The molecule has 1 aromatic carbocycles. The number of amides is 1. The molecule has 0 unspecified atom stereocenters. The van der Waals surface area contributed by atoms with Crippen LogP contribution in [0.25, 0.3) is 0 Å². The first kappa shape index (κ1) is 24.3. The standard InChI is InChI=1S/C24H27ClN6O4/c1-13-9-18(14(2)27-22(13)34-3)29-21-23(32)31(11-20(25)30-21)19(15-7-8-15)12-35-24(33)28-17-6-4-5-16(26)10-17/h4-6,9-11,15,19H,7-8,12,26H2,1-3H3,(H,28,33)(H,29,30)/t19-/m1/s1. The van der Waals surface area contributed by atoms with E-state index in [0.717, 1.165) is 18.4 Å². The molecule has 35 heavy (non-hydrogen) atoms. The van der Waals surface area contributed by atoms with Gasteiger partial charge in [0, 0.05) is 23.1 Å². The average Bonchev–Trinajstić information content (AvgIpc) is 3.64. The van der Waals surface area contributed by atoms with Gasteiger partial charge in [0.1, 0.15) is 11.8 Å². The number of pyridine rings is 1. The summed E-state index contributed by atoms with van der Waals surface area (Å²) in [4.78, 5) is 34.3. The van der Waals surface area contributed by atoms with Gasteiger partial charge < -0.3 is 25.1 Å². The van der Waals surface area contributed by atoms with Crippen LogP contribution in [-0.4, -0.2) is 34.3 Å². The SMILES string of the molecule is COc1nc(C)c(Nc2nc(Cl)cn([C@H](COC(=O)Nc3cccc(N)c3)C3CC3)c2=O)cc1C. The van der Waals surface area contributed by atoms with E-state index in [1.54, 1.807) is 38.3 Å². The molecule has 1 aliphatic carbocycles. The number of carbonyl (C=O) groups excluding carboxylic acids is 1. The maximum Gasteiger partial charge on any atom is 0.411 e. The van der Waals surface area contributed by atoms with E-state index in [1.807, 2.05) is 13.0 Å². The molecular formula is C24H27ClN6O4. The summed E-state index contributed by atoms with van der Waals surface area (Å²) in [6.45, 7) is 3.66. The number of aromatic nitrogens is 3. The summed E-state index contributed by atoms with van der Waals surface area (Å²) in [5.41, 5.74) is 8.47. The number of nitrogen functional groups attached to an aromatic ring is 1. The number of halogens is 1. The lowest BCUT2D eigenvalue weighted by molar-refractivity contribution is 0.135. The van der Waals surface area contributed by atoms with Gasteiger partial charge >= 0.3 is 6.09 Å². The van der Waals surface area contributed by atoms with Crippen LogP contribution in [0.5, 0.6) is 5.88 Å². The second kappa shape index (κ2) is 10.2. The number of nitrogens with zero attached hydrogens (tertiary/aromatic N) is 3. The number of methoxy groups -OCH3 is 1. The molecule has 2 aromatic heterocycles. The largest absolute Gasteiger partial charge is 0.481 e. The normalized spacial score (nSPS) is 13.7. The summed E-state index contributed by atoms with van der Waals surface area (Å²) in [5, 5.41) is 5.83. The van der Waals surface area contributed by atoms with E-state index >= 15 is 0 Å². The van der Waals surface area contributed by atoms with Gasteiger partial charge in [-0.2, -0.15) is 0 Å². The zero-order chi connectivity index (χ0) is 25.1. The zero-order valence-electron chi connectivity index (χ0n) is 19.7. The van der Waals surface area contributed by atoms with Gasteiger partial charge in [0.05, 0.1) is 24.5 Å². The van der Waals surface area contributed by atoms with Crippen molar-refractivity contribution in [3.63, 3.8) is 0 Å². The van der Waals surface area contributed by atoms with Crippen LogP contribution in [0.4, 0.5) is 27.7 Å². The van der Waals surface area contributed by atoms with Crippen molar-refractivity contribution in [3.05, 3.63) is 63.3 Å². The van der Waals surface area contributed by atoms with Crippen molar-refractivity contribution in [1.82, 2.24) is 14.5 Å². The second-order valence-corrected chi connectivity index (χ2v) is 8.84. The highest BCUT2D eigenvalue weighted by atomic mass is 35.5. The number of carbonyl (C=O) groups is 1. The lowest BCUT2D eigenvalue weighted by Crippen LogP contribution is -2.32. The predicted octanol–water partition coefficient (Wildman–Crippen LogP) is 4.44. The fourth-order valence-electron chi connectivity index (χ4n) is 3.81. The lowest BCUT2D eigenvalue weighted by atomic mass is 10.2. The van der Waals surface area contributed by atoms with Crippen LogP contribution >= 0.6 is 11.6 Å². The number of benzene rings is 1. The van der Waals surface area contributed by atoms with Crippen molar-refractivity contribution in [1.29, 1.82) is 0 Å². The molecule has 0 saturated heterocycles. The highest BCUT2D eigenvalue weighted by Crippen LogP contribution is 2.39. The third-order valence-electron chi connectivity index (χ3n) is 5.75. The Hall–Kier alpha value is -3.79. The van der Waals surface area contributed by atoms with Crippen molar-refractivity contribution in [2.75, 3.05) is 30.1 Å². The van der Waals surface area contributed by atoms with Gasteiger partial charge in [-0.05, 0) is 56.9 Å². The summed E-state index contributed by atoms with van der Waals surface area (Å²) in [7, 11) is 1.55. The monoisotopic (exact) mass is 498 g/mol. The molecule has 1 amide bonds. The van der Waals surface area contributed by atoms with Crippen LogP contribution in [-0.2, 0) is 4.74 Å². The Morgan fingerprint density at radius 1 is 1.29 bits per heavy atom. The summed E-state index contributed by atoms with van der Waals surface area (Å²) in [6, 6.07) is 8.23. The van der Waals surface area contributed by atoms with E-state index in [1.165, 1.54) is 10.8 Å². The average molecular weight is 499 g/mol. The molecule has 0 radical (unpaired) electrons. The van der Waals surface area contributed by atoms with Gasteiger partial charge in [-0.25, -0.2) is 14.8 Å². The van der Waals surface area contributed by atoms with Crippen molar-refractivity contribution in [3.8, 4) is 5.88 Å². The third-order valence-corrected chi connectivity index (χ3v) is 5.93. The van der Waals surface area contributed by atoms with E-state index in [2.05, 4.69) is 20.6 Å². The number of aryl methyl sites for hydroxylation is 2. The number of hydrogen-bond donors (Lipinski definition) is 3. The number of hydrogen-bond acceptors (Lipinski definition) is 8. The zero-order valence-corrected chi connectivity index (χ0v) is 20.4. The molecule has 10 nitrogen and oxygen atoms in total. The maximum absolute atomic E-state index is 13.4. The maximum atomic E-state index is 13.4. The Morgan fingerprint density at radius 2 is 2.06 bits per heavy atom. The highest BCUT2D eigenvalue weighted by molar-refractivity contribution is 6.29. The molecule has 184 valence electrons. The predicted molar refractivity (Wildman–Crippen MR) is 135 cm³/mol. The van der Waals surface area contributed by atoms with Crippen LogP contribution in [0.15, 0.2) is 41.3 Å². The fourth-order valence-corrected chi connectivity index (χ4v) is 4.00. The highest BCUT2D eigenvalue weighted by Gasteiger charge is 2.35. The molecule has 2 heterocycles. The van der Waals surface area contributed by atoms with Gasteiger partial charge in [-0.3, -0.25) is 10.1 Å². The molecule has 3 aromatic rings. The van der Waals surface area contributed by atoms with Crippen LogP contribution in [0.2, 0.25) is 5.15 Å². The van der Waals surface area contributed by atoms with Crippen molar-refractivity contribution in [2.24, 2.45) is 5.92 Å². The first-order valence-electron chi connectivity index (χ1n) is 11.1. The summed E-state index contributed by atoms with van der Waals surface area (Å²) in [6.07, 6.45) is 2.67. The minimum absolute atomic E-state index is 0.000726. The topological polar surface area (TPSA) is 133 Å². The Kier molecular flexibility index (Phi) is 7.11. The molecule has 0 aliphatic heterocycles. The Morgan fingerprint density at radius 3 is 2.74 bits per heavy atom. The van der Waals surface area contributed by atoms with E-state index in [4.69, 9.17) is 26.8 Å². The molecule has 1 fully saturated rings. The second-order valence-electron chi connectivity index (χ2n) is 8.45. The molecule has 4 N–H and O–H groups in total. The first-order chi connectivity index (χ1) is 16.7. The molecule has 11 heteroatoms. The van der Waals surface area contributed by atoms with Gasteiger partial charge in [0.2, 0.25) is 5.88 Å². The number of anilines is 4. The molecule has 1 atom stereocenters. The number of ether oxygens (including phenoxy) is 2. The van der Waals surface area contributed by atoms with Gasteiger partial charge in [-0.1, -0.05) is 17.7 Å².